The van der Waals surface area contributed by atoms with Gasteiger partial charge in [0.15, 0.2) is 0 Å². The maximum absolute atomic E-state index is 11.2. The van der Waals surface area contributed by atoms with Crippen molar-refractivity contribution in [3.8, 4) is 0 Å². The van der Waals surface area contributed by atoms with E-state index < -0.39 is 4.92 Å². The van der Waals surface area contributed by atoms with Gasteiger partial charge in [-0.05, 0) is 27.7 Å². The molecule has 0 saturated heterocycles. The Morgan fingerprint density at radius 3 is 2.56 bits per heavy atom. The third-order valence-corrected chi connectivity index (χ3v) is 2.79. The highest BCUT2D eigenvalue weighted by atomic mass is 16.6. The molecule has 1 heterocycles. The first-order chi connectivity index (χ1) is 8.43. The lowest BCUT2D eigenvalue weighted by atomic mass is 10.2. The second kappa shape index (κ2) is 5.81. The maximum Gasteiger partial charge on any atom is 0.333 e. The molecule has 18 heavy (non-hydrogen) atoms. The molecule has 1 N–H and O–H groups in total. The number of aliphatic hydroxyl groups excluding tert-OH is 1. The topological polar surface area (TPSA) is 84.4 Å². The summed E-state index contributed by atoms with van der Waals surface area (Å²) in [5, 5.41) is 24.5. The normalized spacial score (nSPS) is 11.0. The van der Waals surface area contributed by atoms with E-state index in [1.807, 2.05) is 25.7 Å². The highest BCUT2D eigenvalue weighted by Gasteiger charge is 2.30. The van der Waals surface area contributed by atoms with E-state index in [0.29, 0.717) is 24.6 Å². The summed E-state index contributed by atoms with van der Waals surface area (Å²) in [5.41, 5.74) is 0.430. The van der Waals surface area contributed by atoms with Crippen LogP contribution in [-0.2, 0) is 6.54 Å². The average molecular weight is 256 g/mol. The minimum Gasteiger partial charge on any atom is -0.395 e. The van der Waals surface area contributed by atoms with Crippen molar-refractivity contribution in [1.82, 2.24) is 9.78 Å². The molecule has 1 aromatic rings. The zero-order valence-electron chi connectivity index (χ0n) is 11.3. The number of anilines is 1. The van der Waals surface area contributed by atoms with Gasteiger partial charge in [-0.2, -0.15) is 5.10 Å². The van der Waals surface area contributed by atoms with Crippen LogP contribution in [0.2, 0.25) is 0 Å². The van der Waals surface area contributed by atoms with Crippen molar-refractivity contribution in [2.24, 2.45) is 0 Å². The molecule has 102 valence electrons. The smallest absolute Gasteiger partial charge is 0.333 e. The van der Waals surface area contributed by atoms with Crippen LogP contribution in [0, 0.1) is 17.0 Å². The molecule has 0 fully saturated rings. The molecule has 7 nitrogen and oxygen atoms in total. The van der Waals surface area contributed by atoms with Gasteiger partial charge in [0.05, 0.1) is 11.5 Å². The third-order valence-electron chi connectivity index (χ3n) is 2.79. The molecular formula is C11H20N4O3. The van der Waals surface area contributed by atoms with E-state index in [4.69, 9.17) is 5.11 Å². The number of aliphatic hydroxyl groups is 1. The van der Waals surface area contributed by atoms with Gasteiger partial charge < -0.3 is 10.0 Å². The number of aryl methyl sites for hydroxylation is 2. The van der Waals surface area contributed by atoms with Gasteiger partial charge in [0.2, 0.25) is 5.82 Å². The molecule has 1 aromatic heterocycles. The number of nitrogens with zero attached hydrogens (tertiary/aromatic N) is 4. The Morgan fingerprint density at radius 2 is 2.17 bits per heavy atom. The Labute approximate surface area is 106 Å². The van der Waals surface area contributed by atoms with Gasteiger partial charge >= 0.3 is 5.69 Å². The van der Waals surface area contributed by atoms with Gasteiger partial charge in [-0.25, -0.2) is 4.68 Å². The van der Waals surface area contributed by atoms with Gasteiger partial charge in [-0.1, -0.05) is 0 Å². The molecule has 0 amide bonds. The quantitative estimate of drug-likeness (QED) is 0.613. The van der Waals surface area contributed by atoms with Crippen LogP contribution >= 0.6 is 0 Å². The first-order valence-electron chi connectivity index (χ1n) is 6.03. The van der Waals surface area contributed by atoms with Gasteiger partial charge in [0, 0.05) is 19.1 Å². The lowest BCUT2D eigenvalue weighted by Crippen LogP contribution is -2.35. The number of hydrogen-bond acceptors (Lipinski definition) is 5. The Kier molecular flexibility index (Phi) is 4.66. The fourth-order valence-corrected chi connectivity index (χ4v) is 1.99. The first kappa shape index (κ1) is 14.4. The molecule has 7 heteroatoms. The summed E-state index contributed by atoms with van der Waals surface area (Å²) in [6.45, 7) is 8.23. The van der Waals surface area contributed by atoms with Crippen LogP contribution in [0.25, 0.3) is 0 Å². The lowest BCUT2D eigenvalue weighted by Gasteiger charge is -2.27. The van der Waals surface area contributed by atoms with E-state index in [-0.39, 0.29) is 18.3 Å². The highest BCUT2D eigenvalue weighted by molar-refractivity contribution is 5.61. The molecule has 0 atom stereocenters. The van der Waals surface area contributed by atoms with E-state index in [0.717, 1.165) is 0 Å². The Morgan fingerprint density at radius 1 is 1.56 bits per heavy atom. The number of rotatable bonds is 6. The summed E-state index contributed by atoms with van der Waals surface area (Å²) in [4.78, 5) is 12.6. The highest BCUT2D eigenvalue weighted by Crippen LogP contribution is 2.32. The minimum atomic E-state index is -0.406. The van der Waals surface area contributed by atoms with Crippen LogP contribution in [0.3, 0.4) is 0 Å². The largest absolute Gasteiger partial charge is 0.395 e. The molecule has 0 aliphatic rings. The molecule has 0 aliphatic carbocycles. The van der Waals surface area contributed by atoms with Crippen molar-refractivity contribution < 1.29 is 10.0 Å². The van der Waals surface area contributed by atoms with Crippen LogP contribution in [0.4, 0.5) is 11.5 Å². The summed E-state index contributed by atoms with van der Waals surface area (Å²) in [6, 6.07) is 0.0530. The van der Waals surface area contributed by atoms with Gasteiger partial charge in [0.25, 0.3) is 0 Å². The molecule has 1 rings (SSSR count). The van der Waals surface area contributed by atoms with Crippen LogP contribution in [0.5, 0.6) is 0 Å². The van der Waals surface area contributed by atoms with E-state index in [9.17, 15) is 10.1 Å². The van der Waals surface area contributed by atoms with Crippen LogP contribution in [0.15, 0.2) is 0 Å². The zero-order chi connectivity index (χ0) is 13.9. The monoisotopic (exact) mass is 256 g/mol. The van der Waals surface area contributed by atoms with Crippen molar-refractivity contribution in [3.05, 3.63) is 15.8 Å². The number of nitro groups is 1. The summed E-state index contributed by atoms with van der Waals surface area (Å²) in [7, 11) is 0. The van der Waals surface area contributed by atoms with Gasteiger partial charge in [-0.15, -0.1) is 0 Å². The Bertz CT molecular complexity index is 428. The van der Waals surface area contributed by atoms with E-state index >= 15 is 0 Å². The van der Waals surface area contributed by atoms with Crippen molar-refractivity contribution in [2.75, 3.05) is 18.1 Å². The summed E-state index contributed by atoms with van der Waals surface area (Å²) < 4.78 is 1.61. The molecule has 0 aromatic carbocycles. The van der Waals surface area contributed by atoms with E-state index in [1.54, 1.807) is 11.6 Å². The molecule has 0 saturated carbocycles. The predicted octanol–water partition coefficient (Wildman–Crippen LogP) is 1.33. The standard InChI is InChI=1S/C11H20N4O3/c1-5-14-11(13(6-7-16)8(2)3)10(15(17)18)9(4)12-14/h8,16H,5-7H2,1-4H3. The van der Waals surface area contributed by atoms with Crippen LogP contribution in [0.1, 0.15) is 26.5 Å². The SMILES string of the molecule is CCn1nc(C)c([N+](=O)[O-])c1N(CCO)C(C)C. The predicted molar refractivity (Wildman–Crippen MR) is 68.9 cm³/mol. The van der Waals surface area contributed by atoms with Crippen molar-refractivity contribution >= 4 is 11.5 Å². The molecule has 0 bridgehead atoms. The van der Waals surface area contributed by atoms with Crippen molar-refractivity contribution in [3.63, 3.8) is 0 Å². The molecular weight excluding hydrogens is 236 g/mol. The Balaban J connectivity index is 3.38. The van der Waals surface area contributed by atoms with E-state index in [2.05, 4.69) is 5.10 Å². The number of aromatic nitrogens is 2. The Hall–Kier alpha value is -1.63. The van der Waals surface area contributed by atoms with Crippen molar-refractivity contribution in [1.29, 1.82) is 0 Å². The van der Waals surface area contributed by atoms with Crippen molar-refractivity contribution in [2.45, 2.75) is 40.3 Å². The molecule has 0 spiro atoms. The summed E-state index contributed by atoms with van der Waals surface area (Å²) in [6.07, 6.45) is 0. The zero-order valence-corrected chi connectivity index (χ0v) is 11.3. The summed E-state index contributed by atoms with van der Waals surface area (Å²) >= 11 is 0. The van der Waals surface area contributed by atoms with E-state index in [1.165, 1.54) is 0 Å². The minimum absolute atomic E-state index is 0.0269. The molecule has 0 unspecified atom stereocenters. The first-order valence-corrected chi connectivity index (χ1v) is 6.03. The van der Waals surface area contributed by atoms with Gasteiger partial charge in [-0.3, -0.25) is 10.1 Å². The van der Waals surface area contributed by atoms with Gasteiger partial charge in [0.1, 0.15) is 5.69 Å². The van der Waals surface area contributed by atoms with Crippen LogP contribution in [-0.4, -0.2) is 39.0 Å². The lowest BCUT2D eigenvalue weighted by molar-refractivity contribution is -0.384. The molecule has 0 radical (unpaired) electrons. The second-order valence-corrected chi connectivity index (χ2v) is 4.34. The van der Waals surface area contributed by atoms with Crippen LogP contribution < -0.4 is 4.90 Å². The molecule has 0 aliphatic heterocycles. The fourth-order valence-electron chi connectivity index (χ4n) is 1.99. The maximum atomic E-state index is 11.2. The fraction of sp³-hybridized carbons (Fsp3) is 0.727. The summed E-state index contributed by atoms with van der Waals surface area (Å²) in [5.74, 6) is 0.476. The second-order valence-electron chi connectivity index (χ2n) is 4.34. The third kappa shape index (κ3) is 2.61. The number of hydrogen-bond donors (Lipinski definition) is 1. The average Bonchev–Trinajstić information content (AvgIpc) is 2.62.